The number of aromatic nitrogens is 2. The lowest BCUT2D eigenvalue weighted by molar-refractivity contribution is 0.0889. The number of hydrogen-bond donors (Lipinski definition) is 2. The predicted octanol–water partition coefficient (Wildman–Crippen LogP) is 6.65. The summed E-state index contributed by atoms with van der Waals surface area (Å²) in [4.78, 5) is 13.9. The highest BCUT2D eigenvalue weighted by molar-refractivity contribution is 6.31. The first kappa shape index (κ1) is 24.6. The maximum absolute atomic E-state index is 13.9. The Hall–Kier alpha value is -2.53. The van der Waals surface area contributed by atoms with Crippen molar-refractivity contribution in [2.24, 2.45) is 5.92 Å². The van der Waals surface area contributed by atoms with Gasteiger partial charge in [-0.1, -0.05) is 61.9 Å². The van der Waals surface area contributed by atoms with E-state index in [2.05, 4.69) is 68.7 Å². The van der Waals surface area contributed by atoms with Crippen LogP contribution in [0.2, 0.25) is 5.02 Å². The summed E-state index contributed by atoms with van der Waals surface area (Å²) in [7, 11) is 0. The molecule has 34 heavy (non-hydrogen) atoms. The van der Waals surface area contributed by atoms with Crippen molar-refractivity contribution in [3.63, 3.8) is 0 Å². The Balaban J connectivity index is 1.70. The van der Waals surface area contributed by atoms with E-state index in [-0.39, 0.29) is 17.5 Å². The van der Waals surface area contributed by atoms with E-state index in [0.717, 1.165) is 53.3 Å². The van der Waals surface area contributed by atoms with Crippen LogP contribution in [0.4, 0.5) is 5.82 Å². The largest absolute Gasteiger partial charge is 0.366 e. The van der Waals surface area contributed by atoms with E-state index in [0.29, 0.717) is 11.5 Å². The number of carbonyl (C=O) groups is 1. The van der Waals surface area contributed by atoms with E-state index in [9.17, 15) is 4.79 Å². The van der Waals surface area contributed by atoms with Gasteiger partial charge in [-0.2, -0.15) is 5.10 Å². The maximum Gasteiger partial charge on any atom is 0.257 e. The quantitative estimate of drug-likeness (QED) is 0.486. The molecule has 2 aromatic rings. The summed E-state index contributed by atoms with van der Waals surface area (Å²) >= 11 is 6.29. The molecule has 2 N–H and O–H groups in total. The van der Waals surface area contributed by atoms with Crippen LogP contribution in [0, 0.1) is 19.8 Å². The van der Waals surface area contributed by atoms with E-state index in [4.69, 9.17) is 16.7 Å². The van der Waals surface area contributed by atoms with Crippen molar-refractivity contribution in [2.45, 2.75) is 84.3 Å². The molecule has 1 aliphatic carbocycles. The normalized spacial score (nSPS) is 21.1. The molecule has 2 atom stereocenters. The molecule has 0 saturated carbocycles. The highest BCUT2D eigenvalue weighted by Crippen LogP contribution is 2.39. The molecule has 5 nitrogen and oxygen atoms in total. The highest BCUT2D eigenvalue weighted by atomic mass is 35.5. The molecule has 6 heteroatoms. The Morgan fingerprint density at radius 3 is 2.62 bits per heavy atom. The Morgan fingerprint density at radius 2 is 2.00 bits per heavy atom. The van der Waals surface area contributed by atoms with Crippen LogP contribution in [-0.2, 0) is 11.1 Å². The number of fused-ring (bicyclic) bond motifs is 1. The zero-order valence-electron chi connectivity index (χ0n) is 21.2. The van der Waals surface area contributed by atoms with Gasteiger partial charge in [0.05, 0.1) is 16.8 Å². The monoisotopic (exact) mass is 480 g/mol. The third kappa shape index (κ3) is 4.31. The lowest BCUT2D eigenvalue weighted by atomic mass is 9.82. The lowest BCUT2D eigenvalue weighted by Crippen LogP contribution is -2.47. The zero-order chi connectivity index (χ0) is 24.7. The minimum absolute atomic E-state index is 0.0851. The number of hydrogen-bond acceptors (Lipinski definition) is 3. The van der Waals surface area contributed by atoms with E-state index >= 15 is 0 Å². The highest BCUT2D eigenvalue weighted by Gasteiger charge is 2.41. The summed E-state index contributed by atoms with van der Waals surface area (Å²) in [5.41, 5.74) is 2.82. The molecule has 2 heterocycles. The molecule has 1 aromatic heterocycles. The molecule has 0 spiro atoms. The summed E-state index contributed by atoms with van der Waals surface area (Å²) in [5.74, 6) is 1.14. The van der Waals surface area contributed by atoms with Gasteiger partial charge in [-0.15, -0.1) is 0 Å². The topological polar surface area (TPSA) is 59.0 Å². The first-order valence-electron chi connectivity index (χ1n) is 12.4. The first-order chi connectivity index (χ1) is 16.1. The van der Waals surface area contributed by atoms with Gasteiger partial charge in [0, 0.05) is 17.0 Å². The van der Waals surface area contributed by atoms with Crippen LogP contribution in [0.3, 0.4) is 0 Å². The number of carbonyl (C=O) groups excluding carboxylic acids is 1. The van der Waals surface area contributed by atoms with Crippen LogP contribution in [0.15, 0.2) is 42.5 Å². The number of aryl methyl sites for hydroxylation is 2. The number of allylic oxidation sites excluding steroid dienone is 3. The van der Waals surface area contributed by atoms with Crippen LogP contribution in [0.25, 0.3) is 0 Å². The van der Waals surface area contributed by atoms with Gasteiger partial charge in [0.25, 0.3) is 5.91 Å². The van der Waals surface area contributed by atoms with Gasteiger partial charge < -0.3 is 10.6 Å². The number of amides is 1. The Kier molecular flexibility index (Phi) is 6.69. The van der Waals surface area contributed by atoms with E-state index in [1.54, 1.807) is 0 Å². The molecule has 0 fully saturated rings. The Morgan fingerprint density at radius 1 is 1.26 bits per heavy atom. The summed E-state index contributed by atoms with van der Waals surface area (Å²) in [6.07, 6.45) is 12.2. The van der Waals surface area contributed by atoms with Crippen LogP contribution < -0.4 is 10.6 Å². The van der Waals surface area contributed by atoms with E-state index in [1.165, 1.54) is 0 Å². The minimum Gasteiger partial charge on any atom is -0.366 e. The number of nitrogens with one attached hydrogen (secondary N) is 2. The smallest absolute Gasteiger partial charge is 0.257 e. The Labute approximate surface area is 208 Å². The first-order valence-corrected chi connectivity index (χ1v) is 12.8. The van der Waals surface area contributed by atoms with Crippen LogP contribution >= 0.6 is 11.6 Å². The van der Waals surface area contributed by atoms with E-state index < -0.39 is 5.54 Å². The average molecular weight is 481 g/mol. The Bertz CT molecular complexity index is 1140. The van der Waals surface area contributed by atoms with E-state index in [1.807, 2.05) is 30.7 Å². The summed E-state index contributed by atoms with van der Waals surface area (Å²) in [5, 5.41) is 12.7. The van der Waals surface area contributed by atoms with Crippen molar-refractivity contribution in [3.05, 3.63) is 69.9 Å². The van der Waals surface area contributed by atoms with Crippen LogP contribution in [0.5, 0.6) is 0 Å². The molecule has 0 saturated heterocycles. The average Bonchev–Trinajstić information content (AvgIpc) is 3.16. The van der Waals surface area contributed by atoms with Crippen molar-refractivity contribution < 1.29 is 4.79 Å². The fourth-order valence-corrected chi connectivity index (χ4v) is 5.63. The second-order valence-electron chi connectivity index (χ2n) is 10.4. The summed E-state index contributed by atoms with van der Waals surface area (Å²) in [6.45, 7) is 12.6. The molecule has 1 unspecified atom stereocenters. The third-order valence-corrected chi connectivity index (χ3v) is 8.13. The zero-order valence-corrected chi connectivity index (χ0v) is 22.0. The van der Waals surface area contributed by atoms with Gasteiger partial charge in [-0.3, -0.25) is 4.79 Å². The molecule has 1 aliphatic heterocycles. The van der Waals surface area contributed by atoms with Crippen molar-refractivity contribution in [1.82, 2.24) is 15.1 Å². The van der Waals surface area contributed by atoms with Crippen molar-refractivity contribution >= 4 is 23.3 Å². The van der Waals surface area contributed by atoms with Gasteiger partial charge in [0.1, 0.15) is 11.4 Å². The van der Waals surface area contributed by atoms with Crippen molar-refractivity contribution in [2.75, 3.05) is 5.32 Å². The minimum atomic E-state index is -0.478. The van der Waals surface area contributed by atoms with Crippen molar-refractivity contribution in [3.8, 4) is 0 Å². The number of halogens is 1. The van der Waals surface area contributed by atoms with Gasteiger partial charge >= 0.3 is 0 Å². The van der Waals surface area contributed by atoms with Gasteiger partial charge in [0.2, 0.25) is 0 Å². The molecule has 4 rings (SSSR count). The molecule has 182 valence electrons. The predicted molar refractivity (Wildman–Crippen MR) is 141 cm³/mol. The third-order valence-electron chi connectivity index (χ3n) is 7.70. The number of benzene rings is 1. The maximum atomic E-state index is 13.9. The molecule has 0 bridgehead atoms. The number of rotatable bonds is 6. The van der Waals surface area contributed by atoms with Gasteiger partial charge in [-0.05, 0) is 70.6 Å². The second kappa shape index (κ2) is 9.26. The summed E-state index contributed by atoms with van der Waals surface area (Å²) in [6, 6.07) is 6.29. The SMILES string of the molecule is CCC(CC)(NC(=O)c1c(C)nn2c1N[C@@H](C1C=CC=CC1)CC2(C)C)c1ccc(Cl)c(C)c1. The summed E-state index contributed by atoms with van der Waals surface area (Å²) < 4.78 is 2.02. The molecule has 1 amide bonds. The molecule has 2 aliphatic rings. The standard InChI is InChI=1S/C28H37ClN4O/c1-7-28(8-2,21-14-15-22(29)18(3)16-21)31-26(34)24-19(4)32-33-25(24)30-23(17-27(33,5)6)20-12-10-9-11-13-20/h9-12,14-16,20,23,30H,7-8,13,17H2,1-6H3,(H,31,34)/t20?,23-/m1/s1. The fraction of sp³-hybridized carbons (Fsp3) is 0.500. The fourth-order valence-electron chi connectivity index (χ4n) is 5.51. The lowest BCUT2D eigenvalue weighted by Gasteiger charge is -2.41. The van der Waals surface area contributed by atoms with Crippen LogP contribution in [-0.4, -0.2) is 21.7 Å². The molecular weight excluding hydrogens is 444 g/mol. The number of nitrogens with zero attached hydrogens (tertiary/aromatic N) is 2. The van der Waals surface area contributed by atoms with Gasteiger partial charge in [0.15, 0.2) is 0 Å². The van der Waals surface area contributed by atoms with Gasteiger partial charge in [-0.25, -0.2) is 4.68 Å². The molecule has 1 aromatic carbocycles. The molecule has 0 radical (unpaired) electrons. The number of anilines is 1. The second-order valence-corrected chi connectivity index (χ2v) is 10.8. The molecular formula is C28H37ClN4O. The van der Waals surface area contributed by atoms with Crippen LogP contribution in [0.1, 0.15) is 80.6 Å². The van der Waals surface area contributed by atoms with Crippen molar-refractivity contribution in [1.29, 1.82) is 0 Å².